The average Bonchev–Trinajstić information content (AvgIpc) is 3.26. The van der Waals surface area contributed by atoms with Gasteiger partial charge in [0.25, 0.3) is 5.91 Å². The molecule has 2 aliphatic heterocycles. The van der Waals surface area contributed by atoms with Crippen molar-refractivity contribution in [1.82, 2.24) is 14.8 Å². The molecule has 180 valence electrons. The highest BCUT2D eigenvalue weighted by molar-refractivity contribution is 6.30. The Morgan fingerprint density at radius 1 is 1.11 bits per heavy atom. The van der Waals surface area contributed by atoms with Crippen LogP contribution in [0.2, 0.25) is 5.02 Å². The van der Waals surface area contributed by atoms with E-state index in [2.05, 4.69) is 9.88 Å². The van der Waals surface area contributed by atoms with Gasteiger partial charge in [0.2, 0.25) is 0 Å². The molecule has 5 rings (SSSR count). The third-order valence-electron chi connectivity index (χ3n) is 6.97. The van der Waals surface area contributed by atoms with E-state index in [-0.39, 0.29) is 12.3 Å². The number of hydrogen-bond acceptors (Lipinski definition) is 4. The van der Waals surface area contributed by atoms with Crippen molar-refractivity contribution < 1.29 is 19.1 Å². The molecule has 1 atom stereocenters. The molecule has 7 nitrogen and oxygen atoms in total. The van der Waals surface area contributed by atoms with Crippen molar-refractivity contribution in [2.24, 2.45) is 0 Å². The second kappa shape index (κ2) is 8.89. The Kier molecular flexibility index (Phi) is 5.89. The summed E-state index contributed by atoms with van der Waals surface area (Å²) < 4.78 is 7.76. The normalized spacial score (nSPS) is 19.0. The molecular weight excluding hydrogens is 466 g/mol. The number of amides is 3. The first-order valence-electron chi connectivity index (χ1n) is 11.6. The highest BCUT2D eigenvalue weighted by Gasteiger charge is 2.55. The third kappa shape index (κ3) is 4.00. The van der Waals surface area contributed by atoms with E-state index in [0.29, 0.717) is 41.5 Å². The molecule has 1 fully saturated rings. The summed E-state index contributed by atoms with van der Waals surface area (Å²) in [5, 5.41) is 3.54. The molecule has 1 aromatic heterocycles. The van der Waals surface area contributed by atoms with Gasteiger partial charge in [-0.1, -0.05) is 41.9 Å². The predicted molar refractivity (Wildman–Crippen MR) is 132 cm³/mol. The van der Waals surface area contributed by atoms with Crippen LogP contribution in [-0.4, -0.2) is 40.3 Å². The van der Waals surface area contributed by atoms with Gasteiger partial charge in [-0.3, -0.25) is 14.5 Å². The number of urea groups is 1. The first-order chi connectivity index (χ1) is 16.8. The molecule has 2 aliphatic rings. The number of nitrogens with zero attached hydrogens (tertiary/aromatic N) is 2. The van der Waals surface area contributed by atoms with Crippen LogP contribution < -0.4 is 10.1 Å². The van der Waals surface area contributed by atoms with Gasteiger partial charge in [-0.15, -0.1) is 0 Å². The standard InChI is InChI=1S/C27H26ClN3O4/c1-17-15-21(18(2)30(17)13-11-19-7-9-20(28)10-8-19)23(32)16-31-25(33)27(29-26(31)34)12-14-35-24-6-4-3-5-22(24)27/h3-10,15H,11-14,16H2,1-2H3,(H,29,34)/t27-/m1/s1. The number of nitrogens with one attached hydrogen (secondary N) is 1. The predicted octanol–water partition coefficient (Wildman–Crippen LogP) is 4.41. The second-order valence-corrected chi connectivity index (χ2v) is 9.49. The van der Waals surface area contributed by atoms with Crippen molar-refractivity contribution in [3.63, 3.8) is 0 Å². The van der Waals surface area contributed by atoms with Crippen LogP contribution in [-0.2, 0) is 23.3 Å². The molecule has 0 saturated carbocycles. The molecule has 1 saturated heterocycles. The number of rotatable bonds is 6. The number of para-hydroxylation sites is 1. The van der Waals surface area contributed by atoms with Crippen LogP contribution in [0.4, 0.5) is 4.79 Å². The molecule has 3 amide bonds. The highest BCUT2D eigenvalue weighted by Crippen LogP contribution is 2.41. The monoisotopic (exact) mass is 491 g/mol. The van der Waals surface area contributed by atoms with E-state index in [1.807, 2.05) is 50.2 Å². The minimum absolute atomic E-state index is 0.267. The zero-order chi connectivity index (χ0) is 24.7. The minimum atomic E-state index is -1.19. The van der Waals surface area contributed by atoms with Gasteiger partial charge in [-0.05, 0) is 50.1 Å². The molecule has 3 heterocycles. The number of halogens is 1. The van der Waals surface area contributed by atoms with Crippen LogP contribution in [0.25, 0.3) is 0 Å². The van der Waals surface area contributed by atoms with Crippen molar-refractivity contribution in [3.8, 4) is 5.75 Å². The molecule has 8 heteroatoms. The summed E-state index contributed by atoms with van der Waals surface area (Å²) in [5.41, 5.74) is 2.87. The lowest BCUT2D eigenvalue weighted by Gasteiger charge is -2.33. The number of imide groups is 1. The molecular formula is C27H26ClN3O4. The van der Waals surface area contributed by atoms with Crippen molar-refractivity contribution in [2.45, 2.75) is 38.8 Å². The third-order valence-corrected chi connectivity index (χ3v) is 7.22. The van der Waals surface area contributed by atoms with E-state index in [9.17, 15) is 14.4 Å². The van der Waals surface area contributed by atoms with Crippen molar-refractivity contribution in [2.75, 3.05) is 13.2 Å². The molecule has 35 heavy (non-hydrogen) atoms. The zero-order valence-corrected chi connectivity index (χ0v) is 20.4. The molecule has 2 aromatic carbocycles. The molecule has 1 N–H and O–H groups in total. The smallest absolute Gasteiger partial charge is 0.325 e. The van der Waals surface area contributed by atoms with Gasteiger partial charge in [-0.25, -0.2) is 4.79 Å². The lowest BCUT2D eigenvalue weighted by atomic mass is 9.84. The molecule has 0 radical (unpaired) electrons. The van der Waals surface area contributed by atoms with Gasteiger partial charge in [0.15, 0.2) is 11.3 Å². The van der Waals surface area contributed by atoms with E-state index in [1.165, 1.54) is 0 Å². The van der Waals surface area contributed by atoms with E-state index in [4.69, 9.17) is 16.3 Å². The van der Waals surface area contributed by atoms with Gasteiger partial charge in [-0.2, -0.15) is 0 Å². The minimum Gasteiger partial charge on any atom is -0.493 e. The van der Waals surface area contributed by atoms with Crippen LogP contribution in [0.3, 0.4) is 0 Å². The number of aromatic nitrogens is 1. The Morgan fingerprint density at radius 2 is 1.86 bits per heavy atom. The fourth-order valence-corrected chi connectivity index (χ4v) is 5.19. The summed E-state index contributed by atoms with van der Waals surface area (Å²) in [6.07, 6.45) is 1.11. The van der Waals surface area contributed by atoms with Crippen molar-refractivity contribution in [3.05, 3.63) is 87.7 Å². The molecule has 0 bridgehead atoms. The number of Topliss-reactive ketones (excluding diaryl/α,β-unsaturated/α-hetero) is 1. The maximum Gasteiger partial charge on any atom is 0.325 e. The van der Waals surface area contributed by atoms with E-state index in [1.54, 1.807) is 18.2 Å². The highest BCUT2D eigenvalue weighted by atomic mass is 35.5. The number of carbonyl (C=O) groups is 3. The lowest BCUT2D eigenvalue weighted by Crippen LogP contribution is -2.47. The fourth-order valence-electron chi connectivity index (χ4n) is 5.06. The number of hydrogen-bond donors (Lipinski definition) is 1. The number of ether oxygens (including phenoxy) is 1. The van der Waals surface area contributed by atoms with E-state index < -0.39 is 17.5 Å². The zero-order valence-electron chi connectivity index (χ0n) is 19.6. The van der Waals surface area contributed by atoms with E-state index >= 15 is 0 Å². The first-order valence-corrected chi connectivity index (χ1v) is 12.0. The number of benzene rings is 2. The maximum absolute atomic E-state index is 13.5. The van der Waals surface area contributed by atoms with Crippen molar-refractivity contribution >= 4 is 29.3 Å². The van der Waals surface area contributed by atoms with Gasteiger partial charge in [0, 0.05) is 40.5 Å². The topological polar surface area (TPSA) is 80.6 Å². The SMILES string of the molecule is Cc1cc(C(=O)CN2C(=O)N[C@@]3(CCOc4ccccc43)C2=O)c(C)n1CCc1ccc(Cl)cc1. The Hall–Kier alpha value is -3.58. The summed E-state index contributed by atoms with van der Waals surface area (Å²) in [5.74, 6) is -0.107. The Balaban J connectivity index is 1.34. The van der Waals surface area contributed by atoms with Gasteiger partial charge in [0.1, 0.15) is 5.75 Å². The van der Waals surface area contributed by atoms with Crippen LogP contribution in [0.15, 0.2) is 54.6 Å². The lowest BCUT2D eigenvalue weighted by molar-refractivity contribution is -0.132. The van der Waals surface area contributed by atoms with Gasteiger partial charge < -0.3 is 14.6 Å². The van der Waals surface area contributed by atoms with Crippen LogP contribution in [0.5, 0.6) is 5.75 Å². The van der Waals surface area contributed by atoms with Crippen LogP contribution in [0.1, 0.15) is 39.3 Å². The van der Waals surface area contributed by atoms with Gasteiger partial charge in [0.05, 0.1) is 13.2 Å². The maximum atomic E-state index is 13.5. The summed E-state index contributed by atoms with van der Waals surface area (Å²) >= 11 is 5.98. The largest absolute Gasteiger partial charge is 0.493 e. The summed E-state index contributed by atoms with van der Waals surface area (Å²) in [4.78, 5) is 40.7. The van der Waals surface area contributed by atoms with Crippen LogP contribution >= 0.6 is 11.6 Å². The second-order valence-electron chi connectivity index (χ2n) is 9.06. The molecule has 0 unspecified atom stereocenters. The quantitative estimate of drug-likeness (QED) is 0.409. The molecule has 1 spiro atoms. The van der Waals surface area contributed by atoms with Gasteiger partial charge >= 0.3 is 6.03 Å². The van der Waals surface area contributed by atoms with Crippen LogP contribution in [0, 0.1) is 13.8 Å². The van der Waals surface area contributed by atoms with E-state index in [0.717, 1.165) is 28.3 Å². The number of ketones is 1. The average molecular weight is 492 g/mol. The summed E-state index contributed by atoms with van der Waals surface area (Å²) in [6, 6.07) is 16.2. The fraction of sp³-hybridized carbons (Fsp3) is 0.296. The molecule has 0 aliphatic carbocycles. The summed E-state index contributed by atoms with van der Waals surface area (Å²) in [6.45, 7) is 4.55. The number of carbonyl (C=O) groups excluding carboxylic acids is 3. The molecule has 3 aromatic rings. The first kappa shape index (κ1) is 23.2. The Bertz CT molecular complexity index is 1330. The Morgan fingerprint density at radius 3 is 2.63 bits per heavy atom. The Labute approximate surface area is 208 Å². The summed E-state index contributed by atoms with van der Waals surface area (Å²) in [7, 11) is 0. The van der Waals surface area contributed by atoms with Crippen molar-refractivity contribution in [1.29, 1.82) is 0 Å². The number of aryl methyl sites for hydroxylation is 2. The number of fused-ring (bicyclic) bond motifs is 2.